The van der Waals surface area contributed by atoms with Crippen LogP contribution in [0.5, 0.6) is 0 Å². The fourth-order valence-corrected chi connectivity index (χ4v) is 5.08. The van der Waals surface area contributed by atoms with Gasteiger partial charge < -0.3 is 15.3 Å². The van der Waals surface area contributed by atoms with Crippen LogP contribution in [0, 0.1) is 11.8 Å². The minimum Gasteiger partial charge on any atom is -0.481 e. The van der Waals surface area contributed by atoms with E-state index in [4.69, 9.17) is 10.2 Å². The Kier molecular flexibility index (Phi) is 13.5. The normalized spacial score (nSPS) is 23.5. The molecule has 6 heteroatoms. The number of carbonyl (C=O) groups is 2. The molecule has 0 saturated heterocycles. The SMILES string of the molecule is CCCCC(O)C/C=C/[C@H]1[C@H](SCCO)CC(=O)[C@@H]1CCCCCCC(=O)O. The standard InChI is InChI=1S/C22H38O5S/c1-2-3-9-17(24)10-8-12-19-18(11-6-4-5-7-13-22(26)27)20(25)16-21(19)28-15-14-23/h8,12,17-19,21,23-24H,2-7,9-11,13-16H2,1H3,(H,26,27)/b12-8+/t17?,18-,19-,21-/m1/s1. The average Bonchev–Trinajstić information content (AvgIpc) is 2.95. The molecule has 4 atom stereocenters. The van der Waals surface area contributed by atoms with Crippen LogP contribution in [-0.2, 0) is 9.59 Å². The molecule has 162 valence electrons. The predicted octanol–water partition coefficient (Wildman–Crippen LogP) is 4.21. The molecule has 1 aliphatic carbocycles. The summed E-state index contributed by atoms with van der Waals surface area (Å²) in [5.41, 5.74) is 0. The van der Waals surface area contributed by atoms with E-state index >= 15 is 0 Å². The van der Waals surface area contributed by atoms with Gasteiger partial charge in [-0.3, -0.25) is 9.59 Å². The van der Waals surface area contributed by atoms with Crippen molar-refractivity contribution in [2.45, 2.75) is 88.9 Å². The maximum atomic E-state index is 12.6. The Morgan fingerprint density at radius 2 is 2.00 bits per heavy atom. The molecule has 5 nitrogen and oxygen atoms in total. The van der Waals surface area contributed by atoms with Crippen LogP contribution in [0.3, 0.4) is 0 Å². The highest BCUT2D eigenvalue weighted by Crippen LogP contribution is 2.40. The summed E-state index contributed by atoms with van der Waals surface area (Å²) in [7, 11) is 0. The first-order valence-corrected chi connectivity index (χ1v) is 11.9. The summed E-state index contributed by atoms with van der Waals surface area (Å²) in [4.78, 5) is 23.1. The van der Waals surface area contributed by atoms with Gasteiger partial charge in [0.2, 0.25) is 0 Å². The molecule has 0 bridgehead atoms. The third-order valence-corrected chi connectivity index (χ3v) is 6.77. The van der Waals surface area contributed by atoms with Crippen molar-refractivity contribution in [1.29, 1.82) is 0 Å². The van der Waals surface area contributed by atoms with Crippen LogP contribution in [0.4, 0.5) is 0 Å². The Hall–Kier alpha value is -0.850. The van der Waals surface area contributed by atoms with Crippen LogP contribution in [-0.4, -0.2) is 50.8 Å². The van der Waals surface area contributed by atoms with E-state index in [1.807, 2.05) is 6.08 Å². The van der Waals surface area contributed by atoms with Crippen LogP contribution >= 0.6 is 11.8 Å². The first kappa shape index (κ1) is 25.2. The highest BCUT2D eigenvalue weighted by Gasteiger charge is 2.40. The quantitative estimate of drug-likeness (QED) is 0.259. The van der Waals surface area contributed by atoms with Gasteiger partial charge in [-0.25, -0.2) is 0 Å². The zero-order chi connectivity index (χ0) is 20.8. The number of hydrogen-bond acceptors (Lipinski definition) is 5. The first-order chi connectivity index (χ1) is 13.5. The molecule has 0 radical (unpaired) electrons. The van der Waals surface area contributed by atoms with Crippen LogP contribution in [0.2, 0.25) is 0 Å². The average molecular weight is 415 g/mol. The molecule has 1 unspecified atom stereocenters. The van der Waals surface area contributed by atoms with E-state index in [2.05, 4.69) is 13.0 Å². The summed E-state index contributed by atoms with van der Waals surface area (Å²) < 4.78 is 0. The molecule has 0 spiro atoms. The van der Waals surface area contributed by atoms with Crippen molar-refractivity contribution in [2.75, 3.05) is 12.4 Å². The number of unbranched alkanes of at least 4 members (excludes halogenated alkanes) is 4. The van der Waals surface area contributed by atoms with Crippen molar-refractivity contribution in [3.8, 4) is 0 Å². The van der Waals surface area contributed by atoms with Crippen molar-refractivity contribution in [3.63, 3.8) is 0 Å². The lowest BCUT2D eigenvalue weighted by atomic mass is 9.89. The first-order valence-electron chi connectivity index (χ1n) is 10.8. The topological polar surface area (TPSA) is 94.8 Å². The number of rotatable bonds is 16. The lowest BCUT2D eigenvalue weighted by molar-refractivity contribution is -0.137. The zero-order valence-electron chi connectivity index (χ0n) is 17.2. The summed E-state index contributed by atoms with van der Waals surface area (Å²) in [6.07, 6.45) is 12.5. The Morgan fingerprint density at radius 1 is 1.25 bits per heavy atom. The molecular formula is C22H38O5S. The number of hydrogen-bond donors (Lipinski definition) is 3. The van der Waals surface area contributed by atoms with Crippen molar-refractivity contribution < 1.29 is 24.9 Å². The minimum absolute atomic E-state index is 0.0136. The van der Waals surface area contributed by atoms with Gasteiger partial charge >= 0.3 is 5.97 Å². The number of aliphatic carboxylic acids is 1. The number of aliphatic hydroxyl groups excluding tert-OH is 2. The minimum atomic E-state index is -0.749. The summed E-state index contributed by atoms with van der Waals surface area (Å²) in [6.45, 7) is 2.23. The molecule has 0 heterocycles. The van der Waals surface area contributed by atoms with E-state index in [9.17, 15) is 14.7 Å². The lowest BCUT2D eigenvalue weighted by Crippen LogP contribution is -2.18. The van der Waals surface area contributed by atoms with Crippen molar-refractivity contribution in [3.05, 3.63) is 12.2 Å². The largest absolute Gasteiger partial charge is 0.481 e. The zero-order valence-corrected chi connectivity index (χ0v) is 18.0. The number of allylic oxidation sites excluding steroid dienone is 1. The van der Waals surface area contributed by atoms with Gasteiger partial charge in [-0.2, -0.15) is 11.8 Å². The number of aliphatic hydroxyl groups is 2. The van der Waals surface area contributed by atoms with Gasteiger partial charge in [0.05, 0.1) is 12.7 Å². The maximum absolute atomic E-state index is 12.6. The maximum Gasteiger partial charge on any atom is 0.303 e. The molecule has 28 heavy (non-hydrogen) atoms. The molecule has 0 aromatic carbocycles. The number of carboxylic acid groups (broad SMARTS) is 1. The van der Waals surface area contributed by atoms with E-state index in [1.54, 1.807) is 11.8 Å². The van der Waals surface area contributed by atoms with Gasteiger partial charge in [-0.15, -0.1) is 0 Å². The predicted molar refractivity (Wildman–Crippen MR) is 115 cm³/mol. The third-order valence-electron chi connectivity index (χ3n) is 5.45. The summed E-state index contributed by atoms with van der Waals surface area (Å²) >= 11 is 1.67. The number of ketones is 1. The monoisotopic (exact) mass is 414 g/mol. The fourth-order valence-electron chi connectivity index (χ4n) is 3.89. The Balaban J connectivity index is 2.54. The molecule has 1 rings (SSSR count). The Morgan fingerprint density at radius 3 is 2.68 bits per heavy atom. The number of carboxylic acids is 1. The number of Topliss-reactive ketones (excluding diaryl/α,β-unsaturated/α-hetero) is 1. The van der Waals surface area contributed by atoms with Gasteiger partial charge in [0.15, 0.2) is 0 Å². The highest BCUT2D eigenvalue weighted by molar-refractivity contribution is 8.00. The molecule has 1 saturated carbocycles. The second-order valence-corrected chi connectivity index (χ2v) is 9.14. The van der Waals surface area contributed by atoms with E-state index < -0.39 is 5.97 Å². The van der Waals surface area contributed by atoms with Crippen LogP contribution in [0.25, 0.3) is 0 Å². The van der Waals surface area contributed by atoms with Gasteiger partial charge in [0, 0.05) is 29.8 Å². The van der Waals surface area contributed by atoms with Crippen LogP contribution in [0.15, 0.2) is 12.2 Å². The molecule has 1 aliphatic rings. The summed E-state index contributed by atoms with van der Waals surface area (Å²) in [5.74, 6) is 0.382. The van der Waals surface area contributed by atoms with Crippen molar-refractivity contribution >= 4 is 23.5 Å². The fraction of sp³-hybridized carbons (Fsp3) is 0.818. The molecule has 0 aliphatic heterocycles. The second-order valence-electron chi connectivity index (χ2n) is 7.79. The molecule has 1 fully saturated rings. The summed E-state index contributed by atoms with van der Waals surface area (Å²) in [5, 5.41) is 28.1. The van der Waals surface area contributed by atoms with Gasteiger partial charge in [-0.1, -0.05) is 51.2 Å². The smallest absolute Gasteiger partial charge is 0.303 e. The Bertz CT molecular complexity index is 480. The number of thioether (sulfide) groups is 1. The van der Waals surface area contributed by atoms with Crippen LogP contribution in [0.1, 0.15) is 77.6 Å². The van der Waals surface area contributed by atoms with E-state index in [0.29, 0.717) is 30.8 Å². The van der Waals surface area contributed by atoms with Crippen LogP contribution < -0.4 is 0 Å². The van der Waals surface area contributed by atoms with Crippen molar-refractivity contribution in [2.24, 2.45) is 11.8 Å². The van der Waals surface area contributed by atoms with Crippen molar-refractivity contribution in [1.82, 2.24) is 0 Å². The van der Waals surface area contributed by atoms with Gasteiger partial charge in [-0.05, 0) is 31.6 Å². The third kappa shape index (κ3) is 10.1. The number of carbonyl (C=O) groups excluding carboxylic acids is 1. The lowest BCUT2D eigenvalue weighted by Gasteiger charge is -2.20. The molecule has 3 N–H and O–H groups in total. The second kappa shape index (κ2) is 15.1. The van der Waals surface area contributed by atoms with E-state index in [-0.39, 0.29) is 36.2 Å². The highest BCUT2D eigenvalue weighted by atomic mass is 32.2. The molecule has 0 amide bonds. The summed E-state index contributed by atoms with van der Waals surface area (Å²) in [6, 6.07) is 0. The molecule has 0 aromatic heterocycles. The van der Waals surface area contributed by atoms with Gasteiger partial charge in [0.1, 0.15) is 5.78 Å². The molecular weight excluding hydrogens is 376 g/mol. The molecule has 0 aromatic rings. The Labute approximate surface area is 174 Å². The van der Waals surface area contributed by atoms with E-state index in [1.165, 1.54) is 0 Å². The van der Waals surface area contributed by atoms with Gasteiger partial charge in [0.25, 0.3) is 0 Å². The van der Waals surface area contributed by atoms with E-state index in [0.717, 1.165) is 44.9 Å².